The first kappa shape index (κ1) is 21.9. The highest BCUT2D eigenvalue weighted by Gasteiger charge is 2.18. The summed E-state index contributed by atoms with van der Waals surface area (Å²) in [7, 11) is 4.96. The summed E-state index contributed by atoms with van der Waals surface area (Å²) in [6.07, 6.45) is 1.54. The summed E-state index contributed by atoms with van der Waals surface area (Å²) in [6, 6.07) is 13.8. The first-order valence-corrected chi connectivity index (χ1v) is 9.89. The standard InChI is InChI=1S/C24H20F2N4O3/c1-30-20(12-19(29-30)16-11-15(32-2)8-9-21(16)33-3)14-7-10-22(27-13-14)28-24(31)23-17(25)5-4-6-18(23)26/h4-13H,1-3H3,(H,27,28,31). The Morgan fingerprint density at radius 1 is 1.00 bits per heavy atom. The van der Waals surface area contributed by atoms with Crippen molar-refractivity contribution in [2.75, 3.05) is 19.5 Å². The number of aryl methyl sites for hydroxylation is 1. The largest absolute Gasteiger partial charge is 0.497 e. The van der Waals surface area contributed by atoms with Gasteiger partial charge in [0.25, 0.3) is 5.91 Å². The molecule has 4 aromatic rings. The van der Waals surface area contributed by atoms with Gasteiger partial charge < -0.3 is 14.8 Å². The van der Waals surface area contributed by atoms with Crippen LogP contribution >= 0.6 is 0 Å². The molecule has 7 nitrogen and oxygen atoms in total. The Balaban J connectivity index is 1.59. The first-order chi connectivity index (χ1) is 15.9. The molecule has 0 atom stereocenters. The third kappa shape index (κ3) is 4.38. The Bertz CT molecular complexity index is 1300. The van der Waals surface area contributed by atoms with Crippen LogP contribution in [0.2, 0.25) is 0 Å². The number of ether oxygens (including phenoxy) is 2. The second-order valence-electron chi connectivity index (χ2n) is 7.09. The van der Waals surface area contributed by atoms with Crippen LogP contribution in [0.25, 0.3) is 22.5 Å². The fraction of sp³-hybridized carbons (Fsp3) is 0.125. The number of hydrogen-bond donors (Lipinski definition) is 1. The Morgan fingerprint density at radius 2 is 1.76 bits per heavy atom. The van der Waals surface area contributed by atoms with Gasteiger partial charge in [-0.2, -0.15) is 5.10 Å². The molecule has 2 aromatic heterocycles. The average Bonchev–Trinajstić information content (AvgIpc) is 3.20. The summed E-state index contributed by atoms with van der Waals surface area (Å²) in [5.41, 5.74) is 2.28. The maximum atomic E-state index is 13.8. The predicted octanol–water partition coefficient (Wildman–Crippen LogP) is 4.70. The van der Waals surface area contributed by atoms with Crippen LogP contribution in [0.5, 0.6) is 11.5 Å². The molecule has 33 heavy (non-hydrogen) atoms. The summed E-state index contributed by atoms with van der Waals surface area (Å²) < 4.78 is 40.1. The minimum Gasteiger partial charge on any atom is -0.497 e. The van der Waals surface area contributed by atoms with Gasteiger partial charge in [0.1, 0.15) is 34.5 Å². The monoisotopic (exact) mass is 450 g/mol. The van der Waals surface area contributed by atoms with E-state index >= 15 is 0 Å². The van der Waals surface area contributed by atoms with Gasteiger partial charge in [-0.1, -0.05) is 6.07 Å². The first-order valence-electron chi connectivity index (χ1n) is 9.89. The van der Waals surface area contributed by atoms with E-state index in [1.54, 1.807) is 50.2 Å². The molecule has 9 heteroatoms. The fourth-order valence-electron chi connectivity index (χ4n) is 3.40. The maximum Gasteiger partial charge on any atom is 0.262 e. The molecule has 0 bridgehead atoms. The molecule has 0 aliphatic rings. The minimum absolute atomic E-state index is 0.156. The molecule has 0 saturated carbocycles. The molecule has 0 aliphatic carbocycles. The number of aromatic nitrogens is 3. The number of pyridine rings is 1. The molecular weight excluding hydrogens is 430 g/mol. The van der Waals surface area contributed by atoms with E-state index < -0.39 is 23.1 Å². The molecule has 168 valence electrons. The van der Waals surface area contributed by atoms with Gasteiger partial charge in [-0.25, -0.2) is 13.8 Å². The number of rotatable bonds is 6. The molecule has 0 radical (unpaired) electrons. The molecular formula is C24H20F2N4O3. The van der Waals surface area contributed by atoms with Crippen LogP contribution in [0.1, 0.15) is 10.4 Å². The van der Waals surface area contributed by atoms with E-state index in [2.05, 4.69) is 15.4 Å². The summed E-state index contributed by atoms with van der Waals surface area (Å²) in [5.74, 6) is -1.33. The van der Waals surface area contributed by atoms with Crippen molar-refractivity contribution in [2.24, 2.45) is 7.05 Å². The lowest BCUT2D eigenvalue weighted by atomic mass is 10.1. The van der Waals surface area contributed by atoms with Gasteiger partial charge >= 0.3 is 0 Å². The van der Waals surface area contributed by atoms with E-state index in [-0.39, 0.29) is 5.82 Å². The van der Waals surface area contributed by atoms with Gasteiger partial charge in [0.05, 0.1) is 25.6 Å². The predicted molar refractivity (Wildman–Crippen MR) is 119 cm³/mol. The number of carbonyl (C=O) groups excluding carboxylic acids is 1. The molecule has 2 heterocycles. The van der Waals surface area contributed by atoms with Crippen LogP contribution in [0.3, 0.4) is 0 Å². The zero-order chi connectivity index (χ0) is 23.5. The van der Waals surface area contributed by atoms with Crippen molar-refractivity contribution in [1.29, 1.82) is 0 Å². The molecule has 0 unspecified atom stereocenters. The molecule has 0 fully saturated rings. The van der Waals surface area contributed by atoms with E-state index in [4.69, 9.17) is 9.47 Å². The lowest BCUT2D eigenvalue weighted by molar-refractivity contribution is 0.101. The Hall–Kier alpha value is -4.27. The highest BCUT2D eigenvalue weighted by Crippen LogP contribution is 2.34. The number of halogens is 2. The second kappa shape index (κ2) is 9.07. The van der Waals surface area contributed by atoms with Gasteiger partial charge in [-0.3, -0.25) is 9.48 Å². The number of nitrogens with zero attached hydrogens (tertiary/aromatic N) is 3. The van der Waals surface area contributed by atoms with Crippen LogP contribution in [0.4, 0.5) is 14.6 Å². The Morgan fingerprint density at radius 3 is 2.39 bits per heavy atom. The van der Waals surface area contributed by atoms with E-state index in [1.807, 2.05) is 12.1 Å². The van der Waals surface area contributed by atoms with Crippen molar-refractivity contribution < 1.29 is 23.0 Å². The van der Waals surface area contributed by atoms with Crippen molar-refractivity contribution in [3.05, 3.63) is 78.0 Å². The van der Waals surface area contributed by atoms with Crippen molar-refractivity contribution in [2.45, 2.75) is 0 Å². The van der Waals surface area contributed by atoms with Crippen LogP contribution in [0.15, 0.2) is 60.8 Å². The second-order valence-corrected chi connectivity index (χ2v) is 7.09. The molecule has 4 rings (SSSR count). The summed E-state index contributed by atoms with van der Waals surface area (Å²) in [6.45, 7) is 0. The quantitative estimate of drug-likeness (QED) is 0.461. The van der Waals surface area contributed by atoms with Crippen LogP contribution in [-0.2, 0) is 7.05 Å². The van der Waals surface area contributed by atoms with Crippen molar-refractivity contribution in [1.82, 2.24) is 14.8 Å². The maximum absolute atomic E-state index is 13.8. The normalized spacial score (nSPS) is 10.7. The zero-order valence-electron chi connectivity index (χ0n) is 18.1. The smallest absolute Gasteiger partial charge is 0.262 e. The van der Waals surface area contributed by atoms with Gasteiger partial charge in [-0.15, -0.1) is 0 Å². The van der Waals surface area contributed by atoms with Gasteiger partial charge in [0, 0.05) is 24.4 Å². The van der Waals surface area contributed by atoms with Crippen LogP contribution in [-0.4, -0.2) is 34.9 Å². The van der Waals surface area contributed by atoms with E-state index in [0.717, 1.165) is 29.0 Å². The molecule has 0 spiro atoms. The molecule has 0 saturated heterocycles. The molecule has 2 aromatic carbocycles. The number of amides is 1. The molecule has 0 aliphatic heterocycles. The number of hydrogen-bond acceptors (Lipinski definition) is 5. The number of anilines is 1. The van der Waals surface area contributed by atoms with Crippen molar-refractivity contribution in [3.63, 3.8) is 0 Å². The highest BCUT2D eigenvalue weighted by molar-refractivity contribution is 6.04. The van der Waals surface area contributed by atoms with E-state index in [0.29, 0.717) is 17.2 Å². The Kier molecular flexibility index (Phi) is 6.03. The van der Waals surface area contributed by atoms with Crippen LogP contribution in [0, 0.1) is 11.6 Å². The van der Waals surface area contributed by atoms with Gasteiger partial charge in [0.2, 0.25) is 0 Å². The molecule has 1 N–H and O–H groups in total. The molecule has 1 amide bonds. The van der Waals surface area contributed by atoms with E-state index in [9.17, 15) is 13.6 Å². The van der Waals surface area contributed by atoms with Crippen molar-refractivity contribution >= 4 is 11.7 Å². The average molecular weight is 450 g/mol. The van der Waals surface area contributed by atoms with E-state index in [1.165, 1.54) is 12.3 Å². The SMILES string of the molecule is COc1ccc(OC)c(-c2cc(-c3ccc(NC(=O)c4c(F)cccc4F)nc3)n(C)n2)c1. The van der Waals surface area contributed by atoms with Gasteiger partial charge in [-0.05, 0) is 48.5 Å². The minimum atomic E-state index is -0.945. The lowest BCUT2D eigenvalue weighted by Gasteiger charge is -2.08. The summed E-state index contributed by atoms with van der Waals surface area (Å²) in [5, 5.41) is 6.98. The fourth-order valence-corrected chi connectivity index (χ4v) is 3.40. The zero-order valence-corrected chi connectivity index (χ0v) is 18.1. The topological polar surface area (TPSA) is 78.3 Å². The number of methoxy groups -OCH3 is 2. The number of carbonyl (C=O) groups is 1. The summed E-state index contributed by atoms with van der Waals surface area (Å²) >= 11 is 0. The van der Waals surface area contributed by atoms with Crippen molar-refractivity contribution in [3.8, 4) is 34.0 Å². The Labute approximate surface area is 188 Å². The lowest BCUT2D eigenvalue weighted by Crippen LogP contribution is -2.16. The summed E-state index contributed by atoms with van der Waals surface area (Å²) in [4.78, 5) is 16.5. The van der Waals surface area contributed by atoms with Crippen LogP contribution < -0.4 is 14.8 Å². The third-order valence-corrected chi connectivity index (χ3v) is 5.05. The number of nitrogens with one attached hydrogen (secondary N) is 1. The van der Waals surface area contributed by atoms with Gasteiger partial charge in [0.15, 0.2) is 0 Å². The highest BCUT2D eigenvalue weighted by atomic mass is 19.1. The third-order valence-electron chi connectivity index (χ3n) is 5.05. The number of benzene rings is 2.